The smallest absolute Gasteiger partial charge is 0.220 e. The van der Waals surface area contributed by atoms with Gasteiger partial charge in [-0.15, -0.1) is 0 Å². The maximum atomic E-state index is 13.2. The van der Waals surface area contributed by atoms with E-state index in [1.54, 1.807) is 0 Å². The molecule has 0 aromatic heterocycles. The molecule has 69 heavy (non-hydrogen) atoms. The molecule has 4 saturated heterocycles. The van der Waals surface area contributed by atoms with Crippen molar-refractivity contribution < 1.29 is 98.2 Å². The summed E-state index contributed by atoms with van der Waals surface area (Å²) in [7, 11) is 1.28. The number of nitrogens with one attached hydrogen (secondary N) is 3. The second kappa shape index (κ2) is 29.9. The van der Waals surface area contributed by atoms with Crippen LogP contribution < -0.4 is 16.0 Å². The van der Waals surface area contributed by atoms with Crippen molar-refractivity contribution in [1.82, 2.24) is 16.0 Å². The summed E-state index contributed by atoms with van der Waals surface area (Å²) in [5.74, 6) is -2.70. The van der Waals surface area contributed by atoms with Crippen LogP contribution in [-0.2, 0) is 52.3 Å². The second-order valence-corrected chi connectivity index (χ2v) is 18.4. The number of carbonyl (C=O) groups is 3. The highest BCUT2D eigenvalue weighted by Gasteiger charge is 2.55. The molecule has 0 spiro atoms. The second-order valence-electron chi connectivity index (χ2n) is 18.4. The molecular weight excluding hydrogens is 915 g/mol. The van der Waals surface area contributed by atoms with Crippen LogP contribution in [0.1, 0.15) is 105 Å². The third kappa shape index (κ3) is 16.5. The third-order valence-corrected chi connectivity index (χ3v) is 13.1. The van der Waals surface area contributed by atoms with E-state index in [4.69, 9.17) is 37.9 Å². The Morgan fingerprint density at radius 2 is 0.913 bits per heavy atom. The molecule has 0 bridgehead atoms. The summed E-state index contributed by atoms with van der Waals surface area (Å²) in [4.78, 5) is 37.8. The molecule has 4 aliphatic heterocycles. The zero-order valence-corrected chi connectivity index (χ0v) is 40.5. The van der Waals surface area contributed by atoms with E-state index >= 15 is 0 Å². The number of methoxy groups -OCH3 is 1. The molecule has 4 aliphatic rings. The van der Waals surface area contributed by atoms with E-state index in [0.29, 0.717) is 6.42 Å². The monoisotopic (exact) mass is 996 g/mol. The van der Waals surface area contributed by atoms with Crippen molar-refractivity contribution in [3.05, 3.63) is 12.2 Å². The van der Waals surface area contributed by atoms with Gasteiger partial charge in [0, 0.05) is 33.3 Å². The van der Waals surface area contributed by atoms with E-state index < -0.39 is 167 Å². The van der Waals surface area contributed by atoms with Gasteiger partial charge in [-0.3, -0.25) is 14.4 Å². The normalized spacial score (nSPS) is 38.5. The molecule has 23 nitrogen and oxygen atoms in total. The molecule has 4 rings (SSSR count). The Bertz CT molecular complexity index is 1550. The average Bonchev–Trinajstić information content (AvgIpc) is 3.32. The number of carbonyl (C=O) groups excluding carboxylic acids is 3. The maximum absolute atomic E-state index is 13.2. The van der Waals surface area contributed by atoms with Crippen LogP contribution in [0.4, 0.5) is 0 Å². The van der Waals surface area contributed by atoms with Crippen LogP contribution in [0.15, 0.2) is 12.2 Å². The highest BCUT2D eigenvalue weighted by Crippen LogP contribution is 2.36. The van der Waals surface area contributed by atoms with Crippen molar-refractivity contribution in [3.8, 4) is 0 Å². The number of hydrogen-bond donors (Lipinski definition) is 12. The van der Waals surface area contributed by atoms with Crippen LogP contribution in [0.5, 0.6) is 0 Å². The highest BCUT2D eigenvalue weighted by molar-refractivity contribution is 5.76. The fourth-order valence-corrected chi connectivity index (χ4v) is 9.17. The summed E-state index contributed by atoms with van der Waals surface area (Å²) in [6, 6.07) is -4.09. The summed E-state index contributed by atoms with van der Waals surface area (Å²) in [6.45, 7) is 2.99. The minimum absolute atomic E-state index is 0.0796. The van der Waals surface area contributed by atoms with Gasteiger partial charge in [0.25, 0.3) is 0 Å². The fraction of sp³-hybridized carbons (Fsp3) is 0.891. The summed E-state index contributed by atoms with van der Waals surface area (Å²) in [6.07, 6.45) is -8.10. The standard InChI is InChI=1S/C46H81N3O20/c1-6-7-8-9-10-11-12-13-14-15-16-17-18-19-31(56)49-32-37(59)36(58)27(20-50)63-45(32)69-42-30(23-53)66-46(34(39(42)61)48-26(4)55)68-40-28(21-51)64-43(24(2)35(40)57)67-41-29(22-52)65-44(62-5)33(38(41)60)47-25(3)54/h11-12,24,27-30,32-46,50-53,57-61H,6-10,13-23H2,1-5H3,(H,47,54)(H,48,55)(H,49,56)/b12-11-/t24-,27?,28?,29?,30?,32-,33+,34+,35+,36?,37+,38?,39?,40?,41-,42-,43?,44-,45?,46+/m0/s1. The molecule has 0 aliphatic carbocycles. The molecular formula is C46H81N3O20. The summed E-state index contributed by atoms with van der Waals surface area (Å²) in [5.41, 5.74) is 0. The minimum atomic E-state index is -1.80. The lowest BCUT2D eigenvalue weighted by Gasteiger charge is -2.50. The van der Waals surface area contributed by atoms with E-state index in [-0.39, 0.29) is 6.42 Å². The molecule has 0 saturated carbocycles. The first-order chi connectivity index (χ1) is 33.0. The van der Waals surface area contributed by atoms with Gasteiger partial charge >= 0.3 is 0 Å². The van der Waals surface area contributed by atoms with E-state index in [2.05, 4.69) is 35.0 Å². The Labute approximate surface area is 404 Å². The third-order valence-electron chi connectivity index (χ3n) is 13.1. The SMILES string of the molecule is CCCCCC/C=C\CCCCCCCC(=O)N[C@@H]1C(O[C@H]2C(CO)O[C@H](OC3C(CO)OC(O[C@H]4C(CO)O[C@H](OC)[C@H](NC(C)=O)C4O)[C@@H](C)[C@H]3O)[C@H](NC(C)=O)C2O)OC(CO)C(O)[C@@H]1O. The van der Waals surface area contributed by atoms with Crippen molar-refractivity contribution in [2.45, 2.75) is 221 Å². The largest absolute Gasteiger partial charge is 0.394 e. The van der Waals surface area contributed by atoms with Crippen molar-refractivity contribution >= 4 is 17.7 Å². The van der Waals surface area contributed by atoms with Crippen LogP contribution >= 0.6 is 0 Å². The van der Waals surface area contributed by atoms with E-state index in [1.165, 1.54) is 46.6 Å². The number of hydrogen-bond acceptors (Lipinski definition) is 20. The van der Waals surface area contributed by atoms with Crippen molar-refractivity contribution in [2.24, 2.45) is 5.92 Å². The molecule has 12 N–H and O–H groups in total. The molecule has 4 fully saturated rings. The summed E-state index contributed by atoms with van der Waals surface area (Å²) < 4.78 is 47.3. The van der Waals surface area contributed by atoms with Crippen LogP contribution in [0, 0.1) is 5.92 Å². The van der Waals surface area contributed by atoms with Gasteiger partial charge in [0.2, 0.25) is 17.7 Å². The minimum Gasteiger partial charge on any atom is -0.394 e. The number of rotatable bonds is 27. The number of ether oxygens (including phenoxy) is 8. The molecule has 0 aromatic rings. The van der Waals surface area contributed by atoms with Crippen molar-refractivity contribution in [3.63, 3.8) is 0 Å². The first-order valence-electron chi connectivity index (χ1n) is 24.5. The molecule has 0 radical (unpaired) electrons. The Hall–Kier alpha value is -2.53. The Kier molecular flexibility index (Phi) is 25.5. The number of aliphatic hydroxyl groups is 9. The lowest BCUT2D eigenvalue weighted by Crippen LogP contribution is -2.70. The molecule has 3 amide bonds. The number of amides is 3. The lowest BCUT2D eigenvalue weighted by atomic mass is 9.90. The first-order valence-corrected chi connectivity index (χ1v) is 24.5. The summed E-state index contributed by atoms with van der Waals surface area (Å²) >= 11 is 0. The van der Waals surface area contributed by atoms with Gasteiger partial charge in [-0.05, 0) is 32.1 Å². The number of unbranched alkanes of at least 4 members (excludes halogenated alkanes) is 9. The van der Waals surface area contributed by atoms with E-state index in [1.807, 2.05) is 0 Å². The van der Waals surface area contributed by atoms with Gasteiger partial charge in [-0.1, -0.05) is 64.5 Å². The fourth-order valence-electron chi connectivity index (χ4n) is 9.17. The maximum Gasteiger partial charge on any atom is 0.220 e. The Morgan fingerprint density at radius 1 is 0.507 bits per heavy atom. The van der Waals surface area contributed by atoms with Gasteiger partial charge in [0.05, 0.1) is 32.5 Å². The Morgan fingerprint density at radius 3 is 1.41 bits per heavy atom. The molecule has 4 heterocycles. The zero-order valence-electron chi connectivity index (χ0n) is 40.5. The lowest BCUT2D eigenvalue weighted by molar-refractivity contribution is -0.367. The van der Waals surface area contributed by atoms with Gasteiger partial charge < -0.3 is 99.8 Å². The summed E-state index contributed by atoms with van der Waals surface area (Å²) in [5, 5.41) is 106. The van der Waals surface area contributed by atoms with E-state index in [0.717, 1.165) is 45.4 Å². The molecule has 23 heteroatoms. The van der Waals surface area contributed by atoms with Gasteiger partial charge in [0.1, 0.15) is 85.3 Å². The number of allylic oxidation sites excluding steroid dienone is 2. The van der Waals surface area contributed by atoms with E-state index in [9.17, 15) is 60.3 Å². The number of aliphatic hydroxyl groups excluding tert-OH is 9. The van der Waals surface area contributed by atoms with Gasteiger partial charge in [0.15, 0.2) is 25.2 Å². The quantitative estimate of drug-likeness (QED) is 0.0308. The van der Waals surface area contributed by atoms with Crippen LogP contribution in [0.2, 0.25) is 0 Å². The molecule has 400 valence electrons. The van der Waals surface area contributed by atoms with Crippen LogP contribution in [-0.4, -0.2) is 214 Å². The molecule has 20 atom stereocenters. The van der Waals surface area contributed by atoms with Crippen LogP contribution in [0.3, 0.4) is 0 Å². The molecule has 0 aromatic carbocycles. The first kappa shape index (κ1) is 59.0. The zero-order chi connectivity index (χ0) is 50.8. The van der Waals surface area contributed by atoms with Crippen LogP contribution in [0.25, 0.3) is 0 Å². The van der Waals surface area contributed by atoms with Crippen molar-refractivity contribution in [1.29, 1.82) is 0 Å². The molecule has 10 unspecified atom stereocenters. The van der Waals surface area contributed by atoms with Crippen molar-refractivity contribution in [2.75, 3.05) is 33.5 Å². The predicted molar refractivity (Wildman–Crippen MR) is 241 cm³/mol. The Balaban J connectivity index is 1.42. The van der Waals surface area contributed by atoms with Gasteiger partial charge in [-0.2, -0.15) is 0 Å². The highest BCUT2D eigenvalue weighted by atomic mass is 16.8. The van der Waals surface area contributed by atoms with Gasteiger partial charge in [-0.25, -0.2) is 0 Å². The predicted octanol–water partition coefficient (Wildman–Crippen LogP) is -2.15. The average molecular weight is 996 g/mol. The topological polar surface area (TPSA) is 343 Å².